The van der Waals surface area contributed by atoms with Crippen molar-refractivity contribution in [2.24, 2.45) is 0 Å². The fourth-order valence-corrected chi connectivity index (χ4v) is 2.12. The molecule has 0 aliphatic heterocycles. The minimum atomic E-state index is -3.66. The zero-order valence-electron chi connectivity index (χ0n) is 6.41. The van der Waals surface area contributed by atoms with Gasteiger partial charge in [0.05, 0.1) is 4.90 Å². The maximum atomic E-state index is 10.9. The molecule has 0 aliphatic rings. The molecule has 0 aromatic heterocycles. The number of anilines is 1. The molecule has 0 heterocycles. The highest BCUT2D eigenvalue weighted by molar-refractivity contribution is 8.13. The maximum absolute atomic E-state index is 10.9. The Kier molecular flexibility index (Phi) is 2.30. The molecular weight excluding hydrogens is 198 g/mol. The van der Waals surface area contributed by atoms with E-state index in [0.29, 0.717) is 11.3 Å². The summed E-state index contributed by atoms with van der Waals surface area (Å²) in [5.74, 6) is 0. The second-order valence-corrected chi connectivity index (χ2v) is 4.94. The van der Waals surface area contributed by atoms with Crippen LogP contribution in [0.4, 0.5) is 5.69 Å². The Labute approximate surface area is 75.6 Å². The second-order valence-electron chi connectivity index (χ2n) is 2.41. The summed E-state index contributed by atoms with van der Waals surface area (Å²) in [4.78, 5) is 0.0733. The molecule has 0 spiro atoms. The fraction of sp³-hybridized carbons (Fsp3) is 0.143. The summed E-state index contributed by atoms with van der Waals surface area (Å²) in [5, 5.41) is 0. The summed E-state index contributed by atoms with van der Waals surface area (Å²) in [5.41, 5.74) is 6.41. The number of hydrogen-bond acceptors (Lipinski definition) is 3. The first-order valence-corrected chi connectivity index (χ1v) is 5.53. The van der Waals surface area contributed by atoms with E-state index in [0.717, 1.165) is 0 Å². The van der Waals surface area contributed by atoms with Crippen LogP contribution in [0.2, 0.25) is 0 Å². The molecule has 0 unspecified atom stereocenters. The van der Waals surface area contributed by atoms with Crippen LogP contribution < -0.4 is 5.73 Å². The predicted octanol–water partition coefficient (Wildman–Crippen LogP) is 1.50. The molecule has 12 heavy (non-hydrogen) atoms. The molecule has 0 atom stereocenters. The topological polar surface area (TPSA) is 60.2 Å². The smallest absolute Gasteiger partial charge is 0.261 e. The first-order valence-electron chi connectivity index (χ1n) is 3.22. The van der Waals surface area contributed by atoms with E-state index in [-0.39, 0.29) is 4.90 Å². The van der Waals surface area contributed by atoms with Gasteiger partial charge >= 0.3 is 0 Å². The van der Waals surface area contributed by atoms with Gasteiger partial charge in [-0.1, -0.05) is 6.07 Å². The third-order valence-electron chi connectivity index (χ3n) is 1.59. The van der Waals surface area contributed by atoms with Crippen LogP contribution in [-0.2, 0) is 9.05 Å². The predicted molar refractivity (Wildman–Crippen MR) is 48.6 cm³/mol. The van der Waals surface area contributed by atoms with E-state index in [1.807, 2.05) is 0 Å². The molecule has 1 rings (SSSR count). The highest BCUT2D eigenvalue weighted by Crippen LogP contribution is 2.23. The van der Waals surface area contributed by atoms with Gasteiger partial charge in [-0.15, -0.1) is 0 Å². The van der Waals surface area contributed by atoms with E-state index in [9.17, 15) is 8.42 Å². The normalized spacial score (nSPS) is 11.5. The lowest BCUT2D eigenvalue weighted by atomic mass is 10.2. The Hall–Kier alpha value is -0.740. The SMILES string of the molecule is Cc1c(N)cccc1S(=O)(=O)Cl. The summed E-state index contributed by atoms with van der Waals surface area (Å²) in [6.07, 6.45) is 0. The van der Waals surface area contributed by atoms with Crippen molar-refractivity contribution in [3.63, 3.8) is 0 Å². The van der Waals surface area contributed by atoms with Crippen molar-refractivity contribution in [1.29, 1.82) is 0 Å². The molecule has 0 amide bonds. The zero-order valence-corrected chi connectivity index (χ0v) is 7.98. The Morgan fingerprint density at radius 1 is 1.42 bits per heavy atom. The standard InChI is InChI=1S/C7H8ClNO2S/c1-5-6(9)3-2-4-7(5)12(8,10)11/h2-4H,9H2,1H3. The third-order valence-corrected chi connectivity index (χ3v) is 3.06. The number of nitrogen functional groups attached to an aromatic ring is 1. The molecule has 0 radical (unpaired) electrons. The highest BCUT2D eigenvalue weighted by atomic mass is 35.7. The Morgan fingerprint density at radius 3 is 2.42 bits per heavy atom. The van der Waals surface area contributed by atoms with Crippen molar-refractivity contribution < 1.29 is 8.42 Å². The number of rotatable bonds is 1. The van der Waals surface area contributed by atoms with Crippen molar-refractivity contribution in [2.45, 2.75) is 11.8 Å². The van der Waals surface area contributed by atoms with Crippen LogP contribution in [0.5, 0.6) is 0 Å². The average Bonchev–Trinajstić information content (AvgIpc) is 1.92. The second kappa shape index (κ2) is 2.95. The molecule has 1 aromatic rings. The number of halogens is 1. The van der Waals surface area contributed by atoms with Crippen LogP contribution in [-0.4, -0.2) is 8.42 Å². The zero-order chi connectivity index (χ0) is 9.35. The number of hydrogen-bond donors (Lipinski definition) is 1. The van der Waals surface area contributed by atoms with Gasteiger partial charge in [0.2, 0.25) is 0 Å². The first-order chi connectivity index (χ1) is 5.43. The van der Waals surface area contributed by atoms with E-state index in [1.165, 1.54) is 6.07 Å². The number of nitrogens with two attached hydrogens (primary N) is 1. The summed E-state index contributed by atoms with van der Waals surface area (Å²) < 4.78 is 21.8. The lowest BCUT2D eigenvalue weighted by molar-refractivity contribution is 0.609. The molecule has 0 fully saturated rings. The average molecular weight is 206 g/mol. The molecule has 0 bridgehead atoms. The minimum Gasteiger partial charge on any atom is -0.398 e. The van der Waals surface area contributed by atoms with Crippen molar-refractivity contribution in [1.82, 2.24) is 0 Å². The minimum absolute atomic E-state index is 0.0733. The van der Waals surface area contributed by atoms with E-state index in [1.54, 1.807) is 19.1 Å². The summed E-state index contributed by atoms with van der Waals surface area (Å²) in [6.45, 7) is 1.62. The van der Waals surface area contributed by atoms with Gasteiger partial charge in [-0.25, -0.2) is 8.42 Å². The molecule has 0 aliphatic carbocycles. The van der Waals surface area contributed by atoms with E-state index < -0.39 is 9.05 Å². The monoisotopic (exact) mass is 205 g/mol. The molecule has 0 saturated heterocycles. The van der Waals surface area contributed by atoms with Gasteiger partial charge in [-0.2, -0.15) is 0 Å². The summed E-state index contributed by atoms with van der Waals surface area (Å²) >= 11 is 0. The van der Waals surface area contributed by atoms with Crippen LogP contribution >= 0.6 is 10.7 Å². The van der Waals surface area contributed by atoms with Crippen LogP contribution in [0.25, 0.3) is 0 Å². The third kappa shape index (κ3) is 1.70. The van der Waals surface area contributed by atoms with Crippen LogP contribution in [0.1, 0.15) is 5.56 Å². The summed E-state index contributed by atoms with van der Waals surface area (Å²) in [7, 11) is 1.49. The largest absolute Gasteiger partial charge is 0.398 e. The Bertz CT molecular complexity index is 400. The van der Waals surface area contributed by atoms with Gasteiger partial charge in [0.15, 0.2) is 0 Å². The Balaban J connectivity index is 3.47. The molecule has 5 heteroatoms. The summed E-state index contributed by atoms with van der Waals surface area (Å²) in [6, 6.07) is 4.60. The molecule has 1 aromatic carbocycles. The molecule has 3 nitrogen and oxygen atoms in total. The van der Waals surface area contributed by atoms with E-state index in [2.05, 4.69) is 0 Å². The van der Waals surface area contributed by atoms with Crippen molar-refractivity contribution in [3.05, 3.63) is 23.8 Å². The quantitative estimate of drug-likeness (QED) is 0.559. The number of benzene rings is 1. The van der Waals surface area contributed by atoms with Gasteiger partial charge in [0.1, 0.15) is 0 Å². The van der Waals surface area contributed by atoms with Crippen molar-refractivity contribution >= 4 is 25.4 Å². The van der Waals surface area contributed by atoms with E-state index >= 15 is 0 Å². The van der Waals surface area contributed by atoms with Gasteiger partial charge in [0, 0.05) is 16.4 Å². The van der Waals surface area contributed by atoms with Crippen LogP contribution in [0.3, 0.4) is 0 Å². The Morgan fingerprint density at radius 2 is 2.00 bits per heavy atom. The fourth-order valence-electron chi connectivity index (χ4n) is 0.896. The van der Waals surface area contributed by atoms with Crippen LogP contribution in [0, 0.1) is 6.92 Å². The van der Waals surface area contributed by atoms with Gasteiger partial charge in [-0.3, -0.25) is 0 Å². The maximum Gasteiger partial charge on any atom is 0.261 e. The highest BCUT2D eigenvalue weighted by Gasteiger charge is 2.13. The molecular formula is C7H8ClNO2S. The molecule has 2 N–H and O–H groups in total. The van der Waals surface area contributed by atoms with Crippen molar-refractivity contribution in [3.8, 4) is 0 Å². The lowest BCUT2D eigenvalue weighted by Crippen LogP contribution is -1.98. The van der Waals surface area contributed by atoms with Gasteiger partial charge in [-0.05, 0) is 24.6 Å². The molecule has 0 saturated carbocycles. The van der Waals surface area contributed by atoms with Crippen LogP contribution in [0.15, 0.2) is 23.1 Å². The molecule has 66 valence electrons. The van der Waals surface area contributed by atoms with Gasteiger partial charge in [0.25, 0.3) is 9.05 Å². The first kappa shape index (κ1) is 9.35. The lowest BCUT2D eigenvalue weighted by Gasteiger charge is -2.03. The van der Waals surface area contributed by atoms with Crippen molar-refractivity contribution in [2.75, 3.05) is 5.73 Å². The van der Waals surface area contributed by atoms with E-state index in [4.69, 9.17) is 16.4 Å². The van der Waals surface area contributed by atoms with Gasteiger partial charge < -0.3 is 5.73 Å².